The molecule has 0 aliphatic heterocycles. The van der Waals surface area contributed by atoms with Crippen molar-refractivity contribution in [1.82, 2.24) is 14.9 Å². The molecule has 20 heavy (non-hydrogen) atoms. The van der Waals surface area contributed by atoms with Gasteiger partial charge in [0.25, 0.3) is 0 Å². The predicted molar refractivity (Wildman–Crippen MR) is 82.0 cm³/mol. The van der Waals surface area contributed by atoms with Crippen LogP contribution >= 0.6 is 11.6 Å². The fraction of sp³-hybridized carbons (Fsp3) is 0.438. The molecule has 1 aromatic heterocycles. The summed E-state index contributed by atoms with van der Waals surface area (Å²) in [6, 6.07) is 9.21. The van der Waals surface area contributed by atoms with Gasteiger partial charge in [0, 0.05) is 29.8 Å². The molecule has 1 atom stereocenters. The average molecular weight is 290 g/mol. The first-order valence-corrected chi connectivity index (χ1v) is 7.58. The Hall–Kier alpha value is -1.32. The van der Waals surface area contributed by atoms with E-state index in [-0.39, 0.29) is 0 Å². The fourth-order valence-electron chi connectivity index (χ4n) is 2.48. The van der Waals surface area contributed by atoms with Gasteiger partial charge in [-0.3, -0.25) is 0 Å². The Bertz CT molecular complexity index is 557. The van der Waals surface area contributed by atoms with Gasteiger partial charge in [-0.1, -0.05) is 23.7 Å². The molecule has 1 saturated carbocycles. The molecular formula is C16H20ClN3. The first-order valence-electron chi connectivity index (χ1n) is 7.21. The number of hydrogen-bond donors (Lipinski definition) is 1. The number of benzene rings is 1. The fourth-order valence-corrected chi connectivity index (χ4v) is 2.60. The maximum atomic E-state index is 5.90. The quantitative estimate of drug-likeness (QED) is 0.881. The monoisotopic (exact) mass is 289 g/mol. The Labute approximate surface area is 125 Å². The summed E-state index contributed by atoms with van der Waals surface area (Å²) >= 11 is 5.90. The van der Waals surface area contributed by atoms with Gasteiger partial charge in [0.05, 0.1) is 12.0 Å². The summed E-state index contributed by atoms with van der Waals surface area (Å²) in [5.41, 5.74) is 2.60. The van der Waals surface area contributed by atoms with E-state index >= 15 is 0 Å². The molecule has 2 aromatic rings. The Morgan fingerprint density at radius 2 is 2.10 bits per heavy atom. The van der Waals surface area contributed by atoms with Crippen LogP contribution in [0.3, 0.4) is 0 Å². The highest BCUT2D eigenvalue weighted by atomic mass is 35.5. The highest BCUT2D eigenvalue weighted by Crippen LogP contribution is 2.35. The third-order valence-corrected chi connectivity index (χ3v) is 4.03. The predicted octanol–water partition coefficient (Wildman–Crippen LogP) is 3.59. The second kappa shape index (κ2) is 5.98. The van der Waals surface area contributed by atoms with Crippen LogP contribution in [0.15, 0.2) is 36.8 Å². The Balaban J connectivity index is 1.52. The standard InChI is InChI=1S/C16H20ClN3/c1-12(8-13-2-4-14(17)5-3-13)19-10-16-9-18-11-20(16)15-6-7-15/h2-5,9,11-12,15,19H,6-8,10H2,1H3. The van der Waals surface area contributed by atoms with E-state index in [0.717, 1.165) is 18.0 Å². The summed E-state index contributed by atoms with van der Waals surface area (Å²) in [5, 5.41) is 4.37. The zero-order chi connectivity index (χ0) is 13.9. The van der Waals surface area contributed by atoms with Crippen molar-refractivity contribution in [3.8, 4) is 0 Å². The van der Waals surface area contributed by atoms with Gasteiger partial charge in [-0.25, -0.2) is 4.98 Å². The van der Waals surface area contributed by atoms with Gasteiger partial charge in [-0.05, 0) is 43.9 Å². The first-order chi connectivity index (χ1) is 9.72. The third kappa shape index (κ3) is 3.41. The molecule has 1 N–H and O–H groups in total. The molecule has 1 heterocycles. The zero-order valence-corrected chi connectivity index (χ0v) is 12.5. The van der Waals surface area contributed by atoms with Crippen molar-refractivity contribution in [3.63, 3.8) is 0 Å². The normalized spacial score (nSPS) is 16.3. The Morgan fingerprint density at radius 1 is 1.35 bits per heavy atom. The summed E-state index contributed by atoms with van der Waals surface area (Å²) in [6.07, 6.45) is 7.53. The number of nitrogens with zero attached hydrogens (tertiary/aromatic N) is 2. The Kier molecular flexibility index (Phi) is 4.08. The second-order valence-electron chi connectivity index (χ2n) is 5.64. The highest BCUT2D eigenvalue weighted by Gasteiger charge is 2.25. The maximum absolute atomic E-state index is 5.90. The maximum Gasteiger partial charge on any atom is 0.0951 e. The lowest BCUT2D eigenvalue weighted by molar-refractivity contribution is 0.525. The number of hydrogen-bond acceptors (Lipinski definition) is 2. The van der Waals surface area contributed by atoms with Gasteiger partial charge in [0.2, 0.25) is 0 Å². The molecule has 4 heteroatoms. The van der Waals surface area contributed by atoms with Crippen LogP contribution < -0.4 is 5.32 Å². The summed E-state index contributed by atoms with van der Waals surface area (Å²) < 4.78 is 2.31. The lowest BCUT2D eigenvalue weighted by Crippen LogP contribution is -2.28. The molecule has 0 saturated heterocycles. The zero-order valence-electron chi connectivity index (χ0n) is 11.7. The minimum atomic E-state index is 0.429. The molecule has 3 nitrogen and oxygen atoms in total. The summed E-state index contributed by atoms with van der Waals surface area (Å²) in [6.45, 7) is 3.09. The van der Waals surface area contributed by atoms with Crippen LogP contribution in [0.4, 0.5) is 0 Å². The molecule has 1 aliphatic rings. The van der Waals surface area contributed by atoms with Crippen molar-refractivity contribution in [2.75, 3.05) is 0 Å². The molecule has 1 aromatic carbocycles. The van der Waals surface area contributed by atoms with Gasteiger partial charge in [-0.2, -0.15) is 0 Å². The summed E-state index contributed by atoms with van der Waals surface area (Å²) in [5.74, 6) is 0. The van der Waals surface area contributed by atoms with Crippen molar-refractivity contribution in [1.29, 1.82) is 0 Å². The average Bonchev–Trinajstić information content (AvgIpc) is 3.18. The second-order valence-corrected chi connectivity index (χ2v) is 6.07. The van der Waals surface area contributed by atoms with Gasteiger partial charge < -0.3 is 9.88 Å². The molecule has 0 amide bonds. The first kappa shape index (κ1) is 13.7. The van der Waals surface area contributed by atoms with Crippen LogP contribution in [-0.2, 0) is 13.0 Å². The van der Waals surface area contributed by atoms with Crippen molar-refractivity contribution in [2.24, 2.45) is 0 Å². The lowest BCUT2D eigenvalue weighted by Gasteiger charge is -2.15. The third-order valence-electron chi connectivity index (χ3n) is 3.77. The minimum Gasteiger partial charge on any atom is -0.330 e. The lowest BCUT2D eigenvalue weighted by atomic mass is 10.1. The summed E-state index contributed by atoms with van der Waals surface area (Å²) in [4.78, 5) is 4.26. The molecule has 0 radical (unpaired) electrons. The van der Waals surface area contributed by atoms with Gasteiger partial charge >= 0.3 is 0 Å². The van der Waals surface area contributed by atoms with Crippen LogP contribution in [0, 0.1) is 0 Å². The van der Waals surface area contributed by atoms with Crippen LogP contribution in [-0.4, -0.2) is 15.6 Å². The van der Waals surface area contributed by atoms with E-state index in [4.69, 9.17) is 11.6 Å². The number of halogens is 1. The Morgan fingerprint density at radius 3 is 2.80 bits per heavy atom. The van der Waals surface area contributed by atoms with E-state index in [1.807, 2.05) is 24.7 Å². The minimum absolute atomic E-state index is 0.429. The van der Waals surface area contributed by atoms with E-state index in [1.165, 1.54) is 24.1 Å². The molecule has 106 valence electrons. The van der Waals surface area contributed by atoms with Crippen molar-refractivity contribution >= 4 is 11.6 Å². The molecule has 3 rings (SSSR count). The topological polar surface area (TPSA) is 29.9 Å². The molecule has 0 spiro atoms. The van der Waals surface area contributed by atoms with Crippen LogP contribution in [0.1, 0.15) is 37.1 Å². The SMILES string of the molecule is CC(Cc1ccc(Cl)cc1)NCc1cncn1C1CC1. The van der Waals surface area contributed by atoms with Gasteiger partial charge in [0.15, 0.2) is 0 Å². The van der Waals surface area contributed by atoms with E-state index < -0.39 is 0 Å². The van der Waals surface area contributed by atoms with E-state index in [2.05, 4.69) is 33.9 Å². The van der Waals surface area contributed by atoms with Crippen molar-refractivity contribution in [3.05, 3.63) is 53.1 Å². The smallest absolute Gasteiger partial charge is 0.0951 e. The van der Waals surface area contributed by atoms with E-state index in [0.29, 0.717) is 12.1 Å². The largest absolute Gasteiger partial charge is 0.330 e. The van der Waals surface area contributed by atoms with Crippen molar-refractivity contribution < 1.29 is 0 Å². The molecule has 0 bridgehead atoms. The molecule has 1 fully saturated rings. The number of nitrogens with one attached hydrogen (secondary N) is 1. The van der Waals surface area contributed by atoms with E-state index in [1.54, 1.807) is 0 Å². The van der Waals surface area contributed by atoms with Crippen molar-refractivity contribution in [2.45, 2.75) is 44.8 Å². The molecular weight excluding hydrogens is 270 g/mol. The van der Waals surface area contributed by atoms with Gasteiger partial charge in [-0.15, -0.1) is 0 Å². The van der Waals surface area contributed by atoms with Crippen LogP contribution in [0.2, 0.25) is 5.02 Å². The van der Waals surface area contributed by atoms with E-state index in [9.17, 15) is 0 Å². The number of imidazole rings is 1. The molecule has 1 aliphatic carbocycles. The van der Waals surface area contributed by atoms with Crippen LogP contribution in [0.25, 0.3) is 0 Å². The highest BCUT2D eigenvalue weighted by molar-refractivity contribution is 6.30. The number of rotatable bonds is 6. The number of aromatic nitrogens is 2. The van der Waals surface area contributed by atoms with Crippen LogP contribution in [0.5, 0.6) is 0 Å². The summed E-state index contributed by atoms with van der Waals surface area (Å²) in [7, 11) is 0. The molecule has 1 unspecified atom stereocenters. The van der Waals surface area contributed by atoms with Gasteiger partial charge in [0.1, 0.15) is 0 Å².